The van der Waals surface area contributed by atoms with E-state index in [1.807, 2.05) is 12.5 Å². The maximum absolute atomic E-state index is 7.55. The number of rotatable bonds is 5. The van der Waals surface area contributed by atoms with Crippen LogP contribution in [0, 0.1) is 0 Å². The fourth-order valence-corrected chi connectivity index (χ4v) is 27.6. The molecule has 28 aromatic carbocycles. The lowest BCUT2D eigenvalue weighted by molar-refractivity contribution is 0.285. The van der Waals surface area contributed by atoms with Gasteiger partial charge in [-0.25, -0.2) is 0 Å². The summed E-state index contributed by atoms with van der Waals surface area (Å²) in [6, 6.07) is 3.20. The maximum Gasteiger partial charge on any atom is 0.188 e. The van der Waals surface area contributed by atoms with Crippen molar-refractivity contribution in [2.75, 3.05) is 0 Å². The Bertz CT molecular complexity index is 7110. The van der Waals surface area contributed by atoms with Crippen LogP contribution in [0.2, 0.25) is 19.1 Å². The molecule has 0 radical (unpaired) electrons. The standard InChI is InChI=1S/C68H14O2Si/c1-71(2,70-6-8-3-4-69-5-8)7-68-65-61-55-41-33-25-13-10-9-11-14(13)26-28-24-18(11)20-16-12(9)15-19-17(10)23-27(25)39(41)47-45-31(23)29(19)37-35-21(15)22(16)36-38-30(20)32(24)46-48-40(28)42(34(26)33)56(55)62(65)58(48)60-52(46)50(38)54-44(36)43(35)53-49(37)51(45)59(57(47)61)66(68)63(53)64(54)67(60)68/h3-5,65H,6-7H2,1-2H3. The van der Waals surface area contributed by atoms with Crippen LogP contribution in [0.15, 0.2) is 23.0 Å². The molecule has 1 heterocycles. The third kappa shape index (κ3) is 1.56. The average Bonchev–Trinajstić information content (AvgIpc) is 4.29. The molecule has 3 heteroatoms. The number of hydrogen-bond acceptors (Lipinski definition) is 2. The van der Waals surface area contributed by atoms with Gasteiger partial charge in [0, 0.05) is 16.9 Å². The van der Waals surface area contributed by atoms with Gasteiger partial charge in [0.05, 0.1) is 19.1 Å². The van der Waals surface area contributed by atoms with E-state index in [2.05, 4.69) is 19.2 Å². The lowest BCUT2D eigenvalue weighted by atomic mass is 9.58. The van der Waals surface area contributed by atoms with Crippen molar-refractivity contribution in [2.45, 2.75) is 37.1 Å². The van der Waals surface area contributed by atoms with Gasteiger partial charge in [-0.1, -0.05) is 0 Å². The first kappa shape index (κ1) is 27.3. The Morgan fingerprint density at radius 3 is 0.817 bits per heavy atom. The Kier molecular flexibility index (Phi) is 2.43. The summed E-state index contributed by atoms with van der Waals surface area (Å²) in [4.78, 5) is 0. The van der Waals surface area contributed by atoms with Gasteiger partial charge in [-0.05, 0) is 338 Å². The van der Waals surface area contributed by atoms with Crippen molar-refractivity contribution >= 4 is 299 Å². The molecule has 0 bridgehead atoms. The Hall–Kier alpha value is -8.08. The fraction of sp³-hybridized carbons (Fsp3) is 0.0882. The Balaban J connectivity index is 1.11. The van der Waals surface area contributed by atoms with Gasteiger partial charge in [0.25, 0.3) is 0 Å². The second kappa shape index (κ2) is 6.30. The molecule has 2 nitrogen and oxygen atoms in total. The molecule has 0 saturated carbocycles. The highest BCUT2D eigenvalue weighted by molar-refractivity contribution is 6.82. The lowest BCUT2D eigenvalue weighted by Crippen LogP contribution is -2.45. The molecule has 0 N–H and O–H groups in total. The van der Waals surface area contributed by atoms with E-state index in [1.54, 1.807) is 313 Å². The molecule has 1 aromatic heterocycles. The minimum absolute atomic E-state index is 0.239. The van der Waals surface area contributed by atoms with E-state index < -0.39 is 8.32 Å². The molecule has 0 fully saturated rings. The summed E-state index contributed by atoms with van der Waals surface area (Å²) in [6.45, 7) is 5.81. The average molecular weight is 891 g/mol. The van der Waals surface area contributed by atoms with Gasteiger partial charge in [0.1, 0.15) is 0 Å². The maximum atomic E-state index is 7.55. The summed E-state index contributed by atoms with van der Waals surface area (Å²) in [5.74, 6) is 0.261. The van der Waals surface area contributed by atoms with Crippen molar-refractivity contribution in [3.8, 4) is 0 Å². The van der Waals surface area contributed by atoms with Crippen LogP contribution in [0.3, 0.4) is 0 Å². The molecular weight excluding hydrogens is 877 g/mol. The highest BCUT2D eigenvalue weighted by Crippen LogP contribution is 2.84. The molecule has 0 unspecified atom stereocenters. The minimum Gasteiger partial charge on any atom is -0.472 e. The lowest BCUT2D eigenvalue weighted by Gasteiger charge is -2.48. The van der Waals surface area contributed by atoms with Gasteiger partial charge in [0.2, 0.25) is 0 Å². The molecule has 4 aliphatic carbocycles. The van der Waals surface area contributed by atoms with Crippen LogP contribution in [0.1, 0.15) is 33.7 Å². The van der Waals surface area contributed by atoms with Crippen LogP contribution in [0.25, 0.3) is 291 Å². The first-order valence-corrected chi connectivity index (χ1v) is 29.7. The monoisotopic (exact) mass is 890 g/mol. The summed E-state index contributed by atoms with van der Waals surface area (Å²) in [5, 5.41) is 89.9. The van der Waals surface area contributed by atoms with E-state index in [9.17, 15) is 0 Å². The molecule has 0 aliphatic heterocycles. The largest absolute Gasteiger partial charge is 0.472 e. The van der Waals surface area contributed by atoms with Gasteiger partial charge >= 0.3 is 0 Å². The van der Waals surface area contributed by atoms with Crippen molar-refractivity contribution < 1.29 is 8.84 Å². The molecular formula is C68H14O2Si. The van der Waals surface area contributed by atoms with Crippen LogP contribution in [0.5, 0.6) is 0 Å². The first-order valence-electron chi connectivity index (χ1n) is 26.6. The van der Waals surface area contributed by atoms with E-state index in [0.29, 0.717) is 6.61 Å². The zero-order chi connectivity index (χ0) is 42.6. The topological polar surface area (TPSA) is 22.4 Å². The quantitative estimate of drug-likeness (QED) is 0.127. The molecule has 0 spiro atoms. The molecule has 71 heavy (non-hydrogen) atoms. The zero-order valence-electron chi connectivity index (χ0n) is 37.0. The molecule has 302 valence electrons. The normalized spacial score (nSPS) is 20.9. The Morgan fingerprint density at radius 1 is 0.338 bits per heavy atom. The van der Waals surface area contributed by atoms with Crippen LogP contribution in [-0.4, -0.2) is 8.32 Å². The van der Waals surface area contributed by atoms with Crippen molar-refractivity contribution in [3.05, 3.63) is 46.4 Å². The molecule has 0 atom stereocenters. The van der Waals surface area contributed by atoms with E-state index in [0.717, 1.165) is 11.6 Å². The van der Waals surface area contributed by atoms with Crippen molar-refractivity contribution in [2.24, 2.45) is 0 Å². The van der Waals surface area contributed by atoms with Crippen LogP contribution in [0.4, 0.5) is 0 Å². The van der Waals surface area contributed by atoms with Gasteiger partial charge < -0.3 is 8.84 Å². The predicted molar refractivity (Wildman–Crippen MR) is 301 cm³/mol. The van der Waals surface area contributed by atoms with Crippen LogP contribution < -0.4 is 0 Å². The van der Waals surface area contributed by atoms with Gasteiger partial charge in [-0.15, -0.1) is 0 Å². The first-order chi connectivity index (χ1) is 35.2. The van der Waals surface area contributed by atoms with Gasteiger partial charge in [0.15, 0.2) is 8.32 Å². The number of furan rings is 1. The Labute approximate surface area is 389 Å². The molecule has 29 aromatic rings. The molecule has 0 amide bonds. The smallest absolute Gasteiger partial charge is 0.188 e. The van der Waals surface area contributed by atoms with E-state index in [-0.39, 0.29) is 11.3 Å². The summed E-state index contributed by atoms with van der Waals surface area (Å²) < 4.78 is 13.2. The second-order valence-corrected chi connectivity index (χ2v) is 30.8. The van der Waals surface area contributed by atoms with Crippen LogP contribution in [-0.2, 0) is 16.4 Å². The van der Waals surface area contributed by atoms with E-state index in [4.69, 9.17) is 8.84 Å². The van der Waals surface area contributed by atoms with Crippen LogP contribution >= 0.6 is 0 Å². The second-order valence-electron chi connectivity index (χ2n) is 26.6. The van der Waals surface area contributed by atoms with Gasteiger partial charge in [-0.2, -0.15) is 0 Å². The summed E-state index contributed by atoms with van der Waals surface area (Å²) in [5.41, 5.74) is 7.93. The Morgan fingerprint density at radius 2 is 0.563 bits per heavy atom. The van der Waals surface area contributed by atoms with Gasteiger partial charge in [-0.3, -0.25) is 0 Å². The number of benzene rings is 18. The predicted octanol–water partition coefficient (Wildman–Crippen LogP) is 19.2. The molecule has 33 rings (SSSR count). The van der Waals surface area contributed by atoms with Crippen molar-refractivity contribution in [3.63, 3.8) is 0 Å². The van der Waals surface area contributed by atoms with E-state index >= 15 is 0 Å². The number of hydrogen-bond donors (Lipinski definition) is 0. The summed E-state index contributed by atoms with van der Waals surface area (Å²) >= 11 is 0. The minimum atomic E-state index is -2.48. The third-order valence-electron chi connectivity index (χ3n) is 25.2. The zero-order valence-corrected chi connectivity index (χ0v) is 38.0. The van der Waals surface area contributed by atoms with Crippen molar-refractivity contribution in [1.29, 1.82) is 0 Å². The molecule has 0 saturated heterocycles. The fourth-order valence-electron chi connectivity index (χ4n) is 25.0. The summed E-state index contributed by atoms with van der Waals surface area (Å²) in [6.07, 6.45) is 3.74. The van der Waals surface area contributed by atoms with E-state index in [1.165, 1.54) is 0 Å². The molecule has 4 aliphatic rings. The highest BCUT2D eigenvalue weighted by Gasteiger charge is 2.64. The SMILES string of the molecule is C[Si](C)(CC12c3c4c5c6c7c8c(c9c%10c1c1c3c3c%11c4c4c5c5c7c7c%12c8c8c9c9c%10c%10c1c1c3c3c%11c%11c4c4c5c7c5c7c%12c8c8c9c9c%10c1c1c3c3c%11c4c5c4c7c8c9c1c34)C62)OCc1ccoc1. The summed E-state index contributed by atoms with van der Waals surface area (Å²) in [7, 11) is -2.48. The highest BCUT2D eigenvalue weighted by atomic mass is 28.4. The van der Waals surface area contributed by atoms with Crippen molar-refractivity contribution in [1.82, 2.24) is 0 Å². The third-order valence-corrected chi connectivity index (χ3v) is 27.5.